The number of nitrogens with zero attached hydrogens (tertiary/aromatic N) is 1. The van der Waals surface area contributed by atoms with Crippen molar-refractivity contribution >= 4 is 11.7 Å². The molecule has 0 radical (unpaired) electrons. The third-order valence-electron chi connectivity index (χ3n) is 6.95. The summed E-state index contributed by atoms with van der Waals surface area (Å²) < 4.78 is 5.68. The van der Waals surface area contributed by atoms with Crippen LogP contribution in [0.5, 0.6) is 0 Å². The summed E-state index contributed by atoms with van der Waals surface area (Å²) in [6.07, 6.45) is 5.11. The van der Waals surface area contributed by atoms with Crippen LogP contribution in [0.2, 0.25) is 0 Å². The molecule has 5 rings (SSSR count). The number of fused-ring (bicyclic) bond motifs is 5. The van der Waals surface area contributed by atoms with Crippen LogP contribution in [0.15, 0.2) is 48.5 Å². The highest BCUT2D eigenvalue weighted by molar-refractivity contribution is 5.83. The molecule has 156 valence electrons. The largest absolute Gasteiger partial charge is 0.444 e. The summed E-state index contributed by atoms with van der Waals surface area (Å²) in [7, 11) is 0. The first-order valence-electron chi connectivity index (χ1n) is 11.1. The summed E-state index contributed by atoms with van der Waals surface area (Å²) in [6.45, 7) is 10.4. The molecule has 1 fully saturated rings. The quantitative estimate of drug-likeness (QED) is 0.542. The Morgan fingerprint density at radius 1 is 1.03 bits per heavy atom. The number of rotatable bonds is 1. The maximum atomic E-state index is 12.8. The molecule has 2 bridgehead atoms. The second-order valence-corrected chi connectivity index (χ2v) is 10.5. The number of carbonyl (C=O) groups excluding carboxylic acids is 1. The number of ether oxygens (including phenoxy) is 1. The molecule has 0 saturated carbocycles. The van der Waals surface area contributed by atoms with E-state index in [1.807, 2.05) is 25.7 Å². The predicted octanol–water partition coefficient (Wildman–Crippen LogP) is 6.55. The second-order valence-electron chi connectivity index (χ2n) is 10.5. The topological polar surface area (TPSA) is 29.5 Å². The fraction of sp³-hybridized carbons (Fsp3) is 0.444. The minimum atomic E-state index is -0.457. The molecule has 0 spiro atoms. The smallest absolute Gasteiger partial charge is 0.411 e. The van der Waals surface area contributed by atoms with E-state index in [1.165, 1.54) is 33.4 Å². The summed E-state index contributed by atoms with van der Waals surface area (Å²) >= 11 is 0. The van der Waals surface area contributed by atoms with Crippen LogP contribution >= 0.6 is 0 Å². The van der Waals surface area contributed by atoms with Gasteiger partial charge in [-0.3, -0.25) is 4.90 Å². The molecule has 1 saturated heterocycles. The maximum Gasteiger partial charge on any atom is 0.411 e. The van der Waals surface area contributed by atoms with Gasteiger partial charge in [0.15, 0.2) is 0 Å². The van der Waals surface area contributed by atoms with Crippen LogP contribution in [-0.2, 0) is 10.2 Å². The van der Waals surface area contributed by atoms with Gasteiger partial charge in [-0.2, -0.15) is 0 Å². The zero-order chi connectivity index (χ0) is 21.3. The summed E-state index contributed by atoms with van der Waals surface area (Å²) in [5, 5.41) is 0. The average Bonchev–Trinajstić information content (AvgIpc) is 3.08. The number of carbonyl (C=O) groups is 1. The molecule has 3 heteroatoms. The Balaban J connectivity index is 1.47. The van der Waals surface area contributed by atoms with Gasteiger partial charge >= 0.3 is 6.09 Å². The fourth-order valence-corrected chi connectivity index (χ4v) is 5.55. The Labute approximate surface area is 179 Å². The first-order valence-corrected chi connectivity index (χ1v) is 11.1. The van der Waals surface area contributed by atoms with E-state index in [0.29, 0.717) is 0 Å². The highest BCUT2D eigenvalue weighted by Crippen LogP contribution is 2.49. The van der Waals surface area contributed by atoms with E-state index in [0.717, 1.165) is 19.3 Å². The molecule has 1 amide bonds. The molecule has 2 unspecified atom stereocenters. The minimum Gasteiger partial charge on any atom is -0.444 e. The van der Waals surface area contributed by atoms with E-state index in [4.69, 9.17) is 4.74 Å². The molecule has 0 N–H and O–H groups in total. The Bertz CT molecular complexity index is 1060. The summed E-state index contributed by atoms with van der Waals surface area (Å²) in [4.78, 5) is 14.7. The van der Waals surface area contributed by atoms with Gasteiger partial charge in [-0.25, -0.2) is 4.79 Å². The first kappa shape index (κ1) is 19.4. The fourth-order valence-electron chi connectivity index (χ4n) is 5.55. The van der Waals surface area contributed by atoms with Gasteiger partial charge in [-0.05, 0) is 79.5 Å². The highest BCUT2D eigenvalue weighted by atomic mass is 16.6. The van der Waals surface area contributed by atoms with Gasteiger partial charge in [-0.15, -0.1) is 0 Å². The van der Waals surface area contributed by atoms with E-state index in [1.54, 1.807) is 0 Å². The van der Waals surface area contributed by atoms with Crippen LogP contribution in [0.25, 0.3) is 16.7 Å². The Hall–Kier alpha value is -2.55. The number of amides is 1. The minimum absolute atomic E-state index is 0.0126. The van der Waals surface area contributed by atoms with E-state index in [-0.39, 0.29) is 23.6 Å². The van der Waals surface area contributed by atoms with Gasteiger partial charge in [0.2, 0.25) is 0 Å². The van der Waals surface area contributed by atoms with Crippen molar-refractivity contribution in [3.63, 3.8) is 0 Å². The monoisotopic (exact) mass is 401 g/mol. The number of hydrogen-bond acceptors (Lipinski definition) is 2. The van der Waals surface area contributed by atoms with Gasteiger partial charge in [0.25, 0.3) is 0 Å². The van der Waals surface area contributed by atoms with E-state index < -0.39 is 5.60 Å². The molecule has 0 aromatic heterocycles. The van der Waals surface area contributed by atoms with Crippen molar-refractivity contribution in [1.29, 1.82) is 0 Å². The lowest BCUT2D eigenvalue weighted by atomic mass is 9.81. The van der Waals surface area contributed by atoms with Crippen molar-refractivity contribution in [2.75, 3.05) is 0 Å². The molecule has 3 nitrogen and oxygen atoms in total. The number of hydrogen-bond donors (Lipinski definition) is 0. The zero-order valence-corrected chi connectivity index (χ0v) is 18.7. The first-order chi connectivity index (χ1) is 14.1. The SMILES string of the molecule is CC(C)(C)OC(=O)N1C2C=C(c3ccc4c(c3)C(C)(C)c3ccccc3-4)CC1CC2. The van der Waals surface area contributed by atoms with Gasteiger partial charge in [0.05, 0.1) is 6.04 Å². The molecule has 30 heavy (non-hydrogen) atoms. The predicted molar refractivity (Wildman–Crippen MR) is 121 cm³/mol. The zero-order valence-electron chi connectivity index (χ0n) is 18.7. The Morgan fingerprint density at radius 2 is 1.77 bits per heavy atom. The van der Waals surface area contributed by atoms with Crippen LogP contribution in [0.1, 0.15) is 70.6 Å². The van der Waals surface area contributed by atoms with E-state index in [2.05, 4.69) is 62.4 Å². The molecule has 2 aromatic rings. The summed E-state index contributed by atoms with van der Waals surface area (Å²) in [6, 6.07) is 16.1. The third-order valence-corrected chi connectivity index (χ3v) is 6.95. The molecule has 2 aromatic carbocycles. The van der Waals surface area contributed by atoms with E-state index in [9.17, 15) is 4.79 Å². The van der Waals surface area contributed by atoms with Gasteiger partial charge in [-0.1, -0.05) is 56.3 Å². The molecule has 1 aliphatic carbocycles. The molecule has 2 heterocycles. The summed E-state index contributed by atoms with van der Waals surface area (Å²) in [5.41, 5.74) is 7.76. The lowest BCUT2D eigenvalue weighted by molar-refractivity contribution is 0.0175. The van der Waals surface area contributed by atoms with E-state index >= 15 is 0 Å². The van der Waals surface area contributed by atoms with Crippen molar-refractivity contribution in [3.05, 3.63) is 65.2 Å². The standard InChI is InChI=1S/C27H31NO2/c1-26(2,3)30-25(29)28-19-11-12-20(28)15-18(14-19)17-10-13-22-21-8-6-7-9-23(21)27(4,5)24(22)16-17/h6-10,13-14,16,19-20H,11-12,15H2,1-5H3. The maximum absolute atomic E-state index is 12.8. The Kier molecular flexibility index (Phi) is 4.19. The lowest BCUT2D eigenvalue weighted by Crippen LogP contribution is -2.45. The average molecular weight is 402 g/mol. The molecule has 2 aliphatic heterocycles. The van der Waals surface area contributed by atoms with Gasteiger partial charge in [0, 0.05) is 11.5 Å². The number of benzene rings is 2. The van der Waals surface area contributed by atoms with Gasteiger partial charge < -0.3 is 4.74 Å². The van der Waals surface area contributed by atoms with Crippen molar-refractivity contribution < 1.29 is 9.53 Å². The molecule has 3 aliphatic rings. The van der Waals surface area contributed by atoms with Crippen molar-refractivity contribution in [2.45, 2.75) is 77.0 Å². The molecule has 2 atom stereocenters. The normalized spacial score (nSPS) is 23.6. The van der Waals surface area contributed by atoms with Crippen LogP contribution in [-0.4, -0.2) is 28.7 Å². The molecular formula is C27H31NO2. The highest BCUT2D eigenvalue weighted by Gasteiger charge is 2.42. The van der Waals surface area contributed by atoms with Crippen LogP contribution in [0, 0.1) is 0 Å². The van der Waals surface area contributed by atoms with Crippen molar-refractivity contribution in [3.8, 4) is 11.1 Å². The van der Waals surface area contributed by atoms with Crippen molar-refractivity contribution in [1.82, 2.24) is 4.90 Å². The second kappa shape index (κ2) is 6.47. The Morgan fingerprint density at radius 3 is 2.50 bits per heavy atom. The molecular weight excluding hydrogens is 370 g/mol. The van der Waals surface area contributed by atoms with Crippen molar-refractivity contribution in [2.24, 2.45) is 0 Å². The lowest BCUT2D eigenvalue weighted by Gasteiger charge is -2.35. The third kappa shape index (κ3) is 2.98. The van der Waals surface area contributed by atoms with Crippen LogP contribution in [0.4, 0.5) is 4.79 Å². The van der Waals surface area contributed by atoms with Gasteiger partial charge in [0.1, 0.15) is 5.60 Å². The van der Waals surface area contributed by atoms with Crippen LogP contribution in [0.3, 0.4) is 0 Å². The van der Waals surface area contributed by atoms with Crippen LogP contribution < -0.4 is 0 Å². The summed E-state index contributed by atoms with van der Waals surface area (Å²) in [5.74, 6) is 0.